The molecule has 0 unspecified atom stereocenters. The maximum Gasteiger partial charge on any atom is 0.330 e. The summed E-state index contributed by atoms with van der Waals surface area (Å²) in [4.78, 5) is 15.5. The standard InChI is InChI=1S/C17H17NO3/c1-2-20-17(19)11-10-15-16(9-6-12-18-15)21-13-14-7-4-3-5-8-14/h3-12H,2,13H2,1H3/b11-10+. The van der Waals surface area contributed by atoms with E-state index in [2.05, 4.69) is 4.98 Å². The highest BCUT2D eigenvalue weighted by Gasteiger charge is 2.03. The van der Waals surface area contributed by atoms with E-state index in [1.165, 1.54) is 6.08 Å². The summed E-state index contributed by atoms with van der Waals surface area (Å²) in [6.07, 6.45) is 4.60. The molecule has 2 aromatic rings. The average Bonchev–Trinajstić information content (AvgIpc) is 2.53. The van der Waals surface area contributed by atoms with E-state index in [1.54, 1.807) is 25.3 Å². The molecule has 0 aliphatic heterocycles. The molecule has 0 aliphatic rings. The van der Waals surface area contributed by atoms with Crippen molar-refractivity contribution in [1.82, 2.24) is 4.98 Å². The fourth-order valence-electron chi connectivity index (χ4n) is 1.72. The van der Waals surface area contributed by atoms with Gasteiger partial charge in [-0.3, -0.25) is 4.98 Å². The third-order valence-corrected chi connectivity index (χ3v) is 2.70. The van der Waals surface area contributed by atoms with Crippen molar-refractivity contribution in [3.05, 3.63) is 66.0 Å². The van der Waals surface area contributed by atoms with Gasteiger partial charge >= 0.3 is 5.97 Å². The van der Waals surface area contributed by atoms with Crippen LogP contribution < -0.4 is 4.74 Å². The molecule has 0 atom stereocenters. The zero-order valence-corrected chi connectivity index (χ0v) is 11.9. The van der Waals surface area contributed by atoms with E-state index in [9.17, 15) is 4.79 Å². The molecule has 108 valence electrons. The van der Waals surface area contributed by atoms with Crippen molar-refractivity contribution in [2.45, 2.75) is 13.5 Å². The van der Waals surface area contributed by atoms with Crippen LogP contribution in [0, 0.1) is 0 Å². The number of nitrogens with zero attached hydrogens (tertiary/aromatic N) is 1. The van der Waals surface area contributed by atoms with E-state index < -0.39 is 5.97 Å². The molecule has 21 heavy (non-hydrogen) atoms. The maximum absolute atomic E-state index is 11.3. The van der Waals surface area contributed by atoms with E-state index in [0.717, 1.165) is 5.56 Å². The van der Waals surface area contributed by atoms with Gasteiger partial charge in [0.1, 0.15) is 18.1 Å². The summed E-state index contributed by atoms with van der Waals surface area (Å²) < 4.78 is 10.6. The van der Waals surface area contributed by atoms with E-state index >= 15 is 0 Å². The van der Waals surface area contributed by atoms with Crippen molar-refractivity contribution < 1.29 is 14.3 Å². The molecule has 0 fully saturated rings. The van der Waals surface area contributed by atoms with Gasteiger partial charge in [-0.15, -0.1) is 0 Å². The Kier molecular flexibility index (Phi) is 5.52. The minimum Gasteiger partial charge on any atom is -0.487 e. The molecule has 0 saturated carbocycles. The molecular weight excluding hydrogens is 266 g/mol. The number of pyridine rings is 1. The quantitative estimate of drug-likeness (QED) is 0.603. The summed E-state index contributed by atoms with van der Waals surface area (Å²) in [5, 5.41) is 0. The first-order valence-electron chi connectivity index (χ1n) is 6.76. The molecule has 0 spiro atoms. The molecule has 0 radical (unpaired) electrons. The number of carbonyl (C=O) groups excluding carboxylic acids is 1. The maximum atomic E-state index is 11.3. The second-order valence-electron chi connectivity index (χ2n) is 4.25. The highest BCUT2D eigenvalue weighted by atomic mass is 16.5. The smallest absolute Gasteiger partial charge is 0.330 e. The second-order valence-corrected chi connectivity index (χ2v) is 4.25. The molecule has 0 N–H and O–H groups in total. The van der Waals surface area contributed by atoms with Crippen LogP contribution in [0.15, 0.2) is 54.7 Å². The first-order valence-corrected chi connectivity index (χ1v) is 6.76. The Hall–Kier alpha value is -2.62. The highest BCUT2D eigenvalue weighted by Crippen LogP contribution is 2.18. The van der Waals surface area contributed by atoms with Crippen LogP contribution >= 0.6 is 0 Å². The summed E-state index contributed by atoms with van der Waals surface area (Å²) in [6, 6.07) is 13.5. The Balaban J connectivity index is 2.05. The number of carbonyl (C=O) groups is 1. The van der Waals surface area contributed by atoms with Crippen molar-refractivity contribution in [3.63, 3.8) is 0 Å². The largest absolute Gasteiger partial charge is 0.487 e. The fourth-order valence-corrected chi connectivity index (χ4v) is 1.72. The van der Waals surface area contributed by atoms with Crippen LogP contribution in [0.25, 0.3) is 6.08 Å². The lowest BCUT2D eigenvalue weighted by Crippen LogP contribution is -2.00. The molecule has 4 heteroatoms. The molecule has 0 bridgehead atoms. The van der Waals surface area contributed by atoms with Crippen molar-refractivity contribution in [1.29, 1.82) is 0 Å². The van der Waals surface area contributed by atoms with Gasteiger partial charge in [-0.2, -0.15) is 0 Å². The summed E-state index contributed by atoms with van der Waals surface area (Å²) >= 11 is 0. The molecule has 0 aliphatic carbocycles. The van der Waals surface area contributed by atoms with Gasteiger partial charge < -0.3 is 9.47 Å². The molecule has 0 amide bonds. The minimum absolute atomic E-state index is 0.350. The van der Waals surface area contributed by atoms with E-state index in [0.29, 0.717) is 24.7 Å². The van der Waals surface area contributed by atoms with Gasteiger partial charge in [0.2, 0.25) is 0 Å². The Morgan fingerprint density at radius 3 is 2.76 bits per heavy atom. The predicted molar refractivity (Wildman–Crippen MR) is 80.7 cm³/mol. The number of hydrogen-bond acceptors (Lipinski definition) is 4. The lowest BCUT2D eigenvalue weighted by Gasteiger charge is -2.08. The van der Waals surface area contributed by atoms with Crippen LogP contribution in [-0.2, 0) is 16.1 Å². The zero-order valence-electron chi connectivity index (χ0n) is 11.9. The summed E-state index contributed by atoms with van der Waals surface area (Å²) in [5.41, 5.74) is 1.67. The third-order valence-electron chi connectivity index (χ3n) is 2.70. The number of hydrogen-bond donors (Lipinski definition) is 0. The molecule has 1 aromatic carbocycles. The number of benzene rings is 1. The topological polar surface area (TPSA) is 48.4 Å². The predicted octanol–water partition coefficient (Wildman–Crippen LogP) is 3.24. The molecule has 1 heterocycles. The molecule has 0 saturated heterocycles. The Morgan fingerprint density at radius 1 is 1.19 bits per heavy atom. The first kappa shape index (κ1) is 14.8. The van der Waals surface area contributed by atoms with E-state index in [4.69, 9.17) is 9.47 Å². The number of rotatable bonds is 6. The van der Waals surface area contributed by atoms with Crippen LogP contribution in [0.1, 0.15) is 18.2 Å². The first-order chi connectivity index (χ1) is 10.3. The SMILES string of the molecule is CCOC(=O)/C=C/c1ncccc1OCc1ccccc1. The molecule has 4 nitrogen and oxygen atoms in total. The fraction of sp³-hybridized carbons (Fsp3) is 0.176. The van der Waals surface area contributed by atoms with Crippen LogP contribution in [0.5, 0.6) is 5.75 Å². The van der Waals surface area contributed by atoms with E-state index in [1.807, 2.05) is 36.4 Å². The lowest BCUT2D eigenvalue weighted by molar-refractivity contribution is -0.137. The monoisotopic (exact) mass is 283 g/mol. The van der Waals surface area contributed by atoms with Crippen LogP contribution in [0.3, 0.4) is 0 Å². The van der Waals surface area contributed by atoms with Crippen molar-refractivity contribution in [3.8, 4) is 5.75 Å². The normalized spacial score (nSPS) is 10.5. The van der Waals surface area contributed by atoms with Crippen LogP contribution in [0.2, 0.25) is 0 Å². The van der Waals surface area contributed by atoms with Crippen molar-refractivity contribution in [2.24, 2.45) is 0 Å². The number of esters is 1. The van der Waals surface area contributed by atoms with Crippen LogP contribution in [0.4, 0.5) is 0 Å². The van der Waals surface area contributed by atoms with Gasteiger partial charge in [-0.05, 0) is 30.7 Å². The third kappa shape index (κ3) is 4.76. The van der Waals surface area contributed by atoms with Gasteiger partial charge in [-0.25, -0.2) is 4.79 Å². The summed E-state index contributed by atoms with van der Waals surface area (Å²) in [7, 11) is 0. The van der Waals surface area contributed by atoms with Gasteiger partial charge in [-0.1, -0.05) is 30.3 Å². The Bertz CT molecular complexity index is 608. The molecular formula is C17H17NO3. The Morgan fingerprint density at radius 2 is 2.00 bits per heavy atom. The second kappa shape index (κ2) is 7.85. The van der Waals surface area contributed by atoms with Gasteiger partial charge in [0.05, 0.1) is 6.61 Å². The Labute approximate surface area is 124 Å². The van der Waals surface area contributed by atoms with Gasteiger partial charge in [0, 0.05) is 12.3 Å². The van der Waals surface area contributed by atoms with Crippen LogP contribution in [-0.4, -0.2) is 17.6 Å². The summed E-state index contributed by atoms with van der Waals surface area (Å²) in [5.74, 6) is 0.235. The highest BCUT2D eigenvalue weighted by molar-refractivity contribution is 5.87. The van der Waals surface area contributed by atoms with Gasteiger partial charge in [0.15, 0.2) is 0 Å². The summed E-state index contributed by atoms with van der Waals surface area (Å²) in [6.45, 7) is 2.57. The van der Waals surface area contributed by atoms with Crippen molar-refractivity contribution >= 4 is 12.0 Å². The molecule has 1 aromatic heterocycles. The number of aromatic nitrogens is 1. The van der Waals surface area contributed by atoms with Gasteiger partial charge in [0.25, 0.3) is 0 Å². The molecule has 2 rings (SSSR count). The van der Waals surface area contributed by atoms with E-state index in [-0.39, 0.29) is 0 Å². The average molecular weight is 283 g/mol. The zero-order chi connectivity index (χ0) is 14.9. The lowest BCUT2D eigenvalue weighted by atomic mass is 10.2. The number of ether oxygens (including phenoxy) is 2. The van der Waals surface area contributed by atoms with Crippen molar-refractivity contribution in [2.75, 3.05) is 6.61 Å². The minimum atomic E-state index is -0.392.